The number of rotatable bonds is 6. The van der Waals surface area contributed by atoms with Crippen LogP contribution in [0.25, 0.3) is 0 Å². The van der Waals surface area contributed by atoms with Gasteiger partial charge >= 0.3 is 0 Å². The number of hydrogen-bond donors (Lipinski definition) is 1. The molecule has 0 aromatic heterocycles. The molecule has 0 bridgehead atoms. The van der Waals surface area contributed by atoms with Gasteiger partial charge in [-0.05, 0) is 38.1 Å². The van der Waals surface area contributed by atoms with Gasteiger partial charge in [0, 0.05) is 26.1 Å². The van der Waals surface area contributed by atoms with Gasteiger partial charge in [-0.25, -0.2) is 0 Å². The standard InChI is InChI=1S/C19H27N3O3/c23-18(20-10-14-21-11-5-1-2-6-12-21)9-13-22-16-7-3-4-8-17(16)25-15-19(22)24/h3-4,7-8H,1-2,5-6,9-15H2,(H,20,23). The van der Waals surface area contributed by atoms with Crippen molar-refractivity contribution in [2.75, 3.05) is 44.2 Å². The first-order chi connectivity index (χ1) is 12.2. The van der Waals surface area contributed by atoms with E-state index in [2.05, 4.69) is 10.2 Å². The minimum atomic E-state index is -0.101. The van der Waals surface area contributed by atoms with Gasteiger partial charge in [0.05, 0.1) is 5.69 Å². The third kappa shape index (κ3) is 4.95. The van der Waals surface area contributed by atoms with E-state index in [4.69, 9.17) is 4.74 Å². The number of carbonyl (C=O) groups is 2. The van der Waals surface area contributed by atoms with Gasteiger partial charge in [0.1, 0.15) is 5.75 Å². The van der Waals surface area contributed by atoms with E-state index in [1.165, 1.54) is 25.7 Å². The van der Waals surface area contributed by atoms with Crippen molar-refractivity contribution in [2.45, 2.75) is 32.1 Å². The molecular formula is C19H27N3O3. The van der Waals surface area contributed by atoms with Crippen molar-refractivity contribution in [1.29, 1.82) is 0 Å². The Bertz CT molecular complexity index is 597. The SMILES string of the molecule is O=C(CCN1C(=O)COc2ccccc21)NCCN1CCCCCC1. The summed E-state index contributed by atoms with van der Waals surface area (Å²) in [5, 5.41) is 2.98. The Morgan fingerprint density at radius 2 is 1.84 bits per heavy atom. The molecule has 2 amide bonds. The number of nitrogens with one attached hydrogen (secondary N) is 1. The number of benzene rings is 1. The third-order valence-corrected chi connectivity index (χ3v) is 4.82. The Hall–Kier alpha value is -2.08. The predicted molar refractivity (Wildman–Crippen MR) is 96.8 cm³/mol. The van der Waals surface area contributed by atoms with Crippen LogP contribution < -0.4 is 15.0 Å². The minimum absolute atomic E-state index is 0.00778. The van der Waals surface area contributed by atoms with E-state index in [1.807, 2.05) is 24.3 Å². The largest absolute Gasteiger partial charge is 0.482 e. The summed E-state index contributed by atoms with van der Waals surface area (Å²) in [5.41, 5.74) is 0.746. The monoisotopic (exact) mass is 345 g/mol. The second-order valence-corrected chi connectivity index (χ2v) is 6.66. The second kappa shape index (κ2) is 8.85. The average Bonchev–Trinajstić information content (AvgIpc) is 2.90. The molecule has 2 heterocycles. The Morgan fingerprint density at radius 3 is 2.64 bits per heavy atom. The Balaban J connectivity index is 1.42. The molecule has 6 nitrogen and oxygen atoms in total. The first-order valence-corrected chi connectivity index (χ1v) is 9.25. The lowest BCUT2D eigenvalue weighted by atomic mass is 10.2. The summed E-state index contributed by atoms with van der Waals surface area (Å²) in [6.07, 6.45) is 5.45. The van der Waals surface area contributed by atoms with Crippen LogP contribution >= 0.6 is 0 Å². The topological polar surface area (TPSA) is 61.9 Å². The van der Waals surface area contributed by atoms with Crippen molar-refractivity contribution in [3.63, 3.8) is 0 Å². The summed E-state index contributed by atoms with van der Waals surface area (Å²) in [7, 11) is 0. The molecule has 0 saturated carbocycles. The van der Waals surface area contributed by atoms with E-state index in [1.54, 1.807) is 4.90 Å². The van der Waals surface area contributed by atoms with Crippen LogP contribution in [0.2, 0.25) is 0 Å². The molecule has 0 unspecified atom stereocenters. The van der Waals surface area contributed by atoms with E-state index in [-0.39, 0.29) is 18.4 Å². The number of fused-ring (bicyclic) bond motifs is 1. The highest BCUT2D eigenvalue weighted by Crippen LogP contribution is 2.31. The minimum Gasteiger partial charge on any atom is -0.482 e. The molecule has 2 aliphatic rings. The number of anilines is 1. The summed E-state index contributed by atoms with van der Waals surface area (Å²) in [5.74, 6) is 0.589. The smallest absolute Gasteiger partial charge is 0.265 e. The molecule has 1 N–H and O–H groups in total. The zero-order chi connectivity index (χ0) is 17.5. The fourth-order valence-electron chi connectivity index (χ4n) is 3.41. The molecule has 3 rings (SSSR count). The third-order valence-electron chi connectivity index (χ3n) is 4.82. The van der Waals surface area contributed by atoms with Crippen LogP contribution in [0.4, 0.5) is 5.69 Å². The number of nitrogens with zero attached hydrogens (tertiary/aromatic N) is 2. The lowest BCUT2D eigenvalue weighted by Crippen LogP contribution is -2.41. The first-order valence-electron chi connectivity index (χ1n) is 9.25. The van der Waals surface area contributed by atoms with Gasteiger partial charge in [-0.2, -0.15) is 0 Å². The van der Waals surface area contributed by atoms with Crippen LogP contribution in [-0.2, 0) is 9.59 Å². The van der Waals surface area contributed by atoms with Gasteiger partial charge in [-0.15, -0.1) is 0 Å². The summed E-state index contributed by atoms with van der Waals surface area (Å²) >= 11 is 0. The molecule has 2 aliphatic heterocycles. The van der Waals surface area contributed by atoms with E-state index < -0.39 is 0 Å². The number of amides is 2. The maximum Gasteiger partial charge on any atom is 0.265 e. The number of hydrogen-bond acceptors (Lipinski definition) is 4. The highest BCUT2D eigenvalue weighted by Gasteiger charge is 2.25. The number of carbonyl (C=O) groups excluding carboxylic acids is 2. The first kappa shape index (κ1) is 17.7. The van der Waals surface area contributed by atoms with E-state index >= 15 is 0 Å². The number of para-hydroxylation sites is 2. The van der Waals surface area contributed by atoms with Crippen molar-refractivity contribution in [2.24, 2.45) is 0 Å². The highest BCUT2D eigenvalue weighted by atomic mass is 16.5. The van der Waals surface area contributed by atoms with Crippen molar-refractivity contribution in [3.8, 4) is 5.75 Å². The maximum atomic E-state index is 12.1. The Labute approximate surface area is 149 Å². The molecule has 0 spiro atoms. The molecular weight excluding hydrogens is 318 g/mol. The molecule has 1 saturated heterocycles. The Kier molecular flexibility index (Phi) is 6.28. The Morgan fingerprint density at radius 1 is 1.08 bits per heavy atom. The zero-order valence-corrected chi connectivity index (χ0v) is 14.7. The molecule has 25 heavy (non-hydrogen) atoms. The van der Waals surface area contributed by atoms with Crippen molar-refractivity contribution in [3.05, 3.63) is 24.3 Å². The van der Waals surface area contributed by atoms with Crippen molar-refractivity contribution < 1.29 is 14.3 Å². The van der Waals surface area contributed by atoms with Crippen LogP contribution in [0, 0.1) is 0 Å². The molecule has 0 radical (unpaired) electrons. The molecule has 1 aromatic rings. The highest BCUT2D eigenvalue weighted by molar-refractivity contribution is 5.98. The van der Waals surface area contributed by atoms with Crippen LogP contribution in [0.3, 0.4) is 0 Å². The van der Waals surface area contributed by atoms with Gasteiger partial charge in [-0.3, -0.25) is 9.59 Å². The van der Waals surface area contributed by atoms with Crippen LogP contribution in [0.15, 0.2) is 24.3 Å². The van der Waals surface area contributed by atoms with Gasteiger partial charge in [0.25, 0.3) is 5.91 Å². The molecule has 0 aliphatic carbocycles. The molecule has 1 fully saturated rings. The van der Waals surface area contributed by atoms with Crippen LogP contribution in [0.5, 0.6) is 5.75 Å². The van der Waals surface area contributed by atoms with Crippen molar-refractivity contribution >= 4 is 17.5 Å². The van der Waals surface area contributed by atoms with Gasteiger partial charge < -0.3 is 19.9 Å². The normalized spacial score (nSPS) is 18.2. The quantitative estimate of drug-likeness (QED) is 0.854. The number of likely N-dealkylation sites (tertiary alicyclic amines) is 1. The van der Waals surface area contributed by atoms with Gasteiger partial charge in [-0.1, -0.05) is 25.0 Å². The van der Waals surface area contributed by atoms with Gasteiger partial charge in [0.2, 0.25) is 5.91 Å². The number of ether oxygens (including phenoxy) is 1. The van der Waals surface area contributed by atoms with E-state index in [9.17, 15) is 9.59 Å². The zero-order valence-electron chi connectivity index (χ0n) is 14.7. The summed E-state index contributed by atoms with van der Waals surface area (Å²) in [4.78, 5) is 28.3. The molecule has 1 aromatic carbocycles. The van der Waals surface area contributed by atoms with Crippen LogP contribution in [-0.4, -0.2) is 56.0 Å². The van der Waals surface area contributed by atoms with E-state index in [0.29, 0.717) is 25.3 Å². The lowest BCUT2D eigenvalue weighted by Gasteiger charge is -2.29. The fourth-order valence-corrected chi connectivity index (χ4v) is 3.41. The fraction of sp³-hybridized carbons (Fsp3) is 0.579. The predicted octanol–water partition coefficient (Wildman–Crippen LogP) is 1.79. The van der Waals surface area contributed by atoms with Crippen LogP contribution in [0.1, 0.15) is 32.1 Å². The molecule has 6 heteroatoms. The summed E-state index contributed by atoms with van der Waals surface area (Å²) in [6, 6.07) is 7.44. The van der Waals surface area contributed by atoms with E-state index in [0.717, 1.165) is 25.3 Å². The lowest BCUT2D eigenvalue weighted by molar-refractivity contribution is -0.122. The summed E-state index contributed by atoms with van der Waals surface area (Å²) in [6.45, 7) is 4.27. The second-order valence-electron chi connectivity index (χ2n) is 6.66. The maximum absolute atomic E-state index is 12.1. The van der Waals surface area contributed by atoms with Gasteiger partial charge in [0.15, 0.2) is 6.61 Å². The molecule has 136 valence electrons. The van der Waals surface area contributed by atoms with Crippen molar-refractivity contribution in [1.82, 2.24) is 10.2 Å². The summed E-state index contributed by atoms with van der Waals surface area (Å²) < 4.78 is 5.42. The average molecular weight is 345 g/mol. The molecule has 0 atom stereocenters.